The van der Waals surface area contributed by atoms with Crippen LogP contribution in [-0.2, 0) is 16.1 Å². The van der Waals surface area contributed by atoms with Crippen LogP contribution in [0.15, 0.2) is 128 Å². The number of nitrogens with one attached hydrogen (secondary N) is 2. The van der Waals surface area contributed by atoms with Crippen LogP contribution < -0.4 is 10.6 Å². The number of halogens is 1. The SMILES string of the molecule is CN(C)CC=CC(=O)Nc1cccc(-c2sc3ncnc(N[C@H](COCc4cccc(F)c4)c4ccccc4)c3c2-c2ccccc2)c1. The van der Waals surface area contributed by atoms with Crippen LogP contribution in [0, 0.1) is 5.82 Å². The van der Waals surface area contributed by atoms with Crippen LogP contribution in [0.2, 0.25) is 0 Å². The maximum Gasteiger partial charge on any atom is 0.248 e. The summed E-state index contributed by atoms with van der Waals surface area (Å²) in [5.41, 5.74) is 5.48. The molecule has 0 aliphatic rings. The highest BCUT2D eigenvalue weighted by Gasteiger charge is 2.23. The first-order valence-corrected chi connectivity index (χ1v) is 16.5. The number of aromatic nitrogens is 2. The van der Waals surface area contributed by atoms with Crippen LogP contribution in [0.25, 0.3) is 31.8 Å². The molecule has 0 bridgehead atoms. The Kier molecular flexibility index (Phi) is 10.6. The number of carbonyl (C=O) groups is 1. The summed E-state index contributed by atoms with van der Waals surface area (Å²) >= 11 is 1.58. The van der Waals surface area contributed by atoms with E-state index in [4.69, 9.17) is 14.7 Å². The van der Waals surface area contributed by atoms with E-state index in [2.05, 4.69) is 22.8 Å². The fraction of sp³-hybridized carbons (Fsp3) is 0.154. The second-order valence-electron chi connectivity index (χ2n) is 11.6. The summed E-state index contributed by atoms with van der Waals surface area (Å²) < 4.78 is 19.9. The summed E-state index contributed by atoms with van der Waals surface area (Å²) in [7, 11) is 3.91. The van der Waals surface area contributed by atoms with Crippen molar-refractivity contribution in [1.82, 2.24) is 14.9 Å². The van der Waals surface area contributed by atoms with Crippen LogP contribution in [0.4, 0.5) is 15.9 Å². The second-order valence-corrected chi connectivity index (χ2v) is 12.6. The minimum absolute atomic E-state index is 0.183. The molecule has 2 N–H and O–H groups in total. The molecule has 1 amide bonds. The van der Waals surface area contributed by atoms with Gasteiger partial charge in [0.15, 0.2) is 0 Å². The fourth-order valence-electron chi connectivity index (χ4n) is 5.41. The number of anilines is 2. The first kappa shape index (κ1) is 32.7. The molecular weight excluding hydrogens is 622 g/mol. The molecule has 2 aromatic heterocycles. The Labute approximate surface area is 283 Å². The molecular formula is C39H36FN5O2S. The zero-order chi connectivity index (χ0) is 33.3. The zero-order valence-electron chi connectivity index (χ0n) is 26.8. The van der Waals surface area contributed by atoms with Crippen LogP contribution in [0.1, 0.15) is 17.2 Å². The third-order valence-corrected chi connectivity index (χ3v) is 8.78. The largest absolute Gasteiger partial charge is 0.374 e. The van der Waals surface area contributed by atoms with E-state index in [1.54, 1.807) is 29.8 Å². The lowest BCUT2D eigenvalue weighted by Gasteiger charge is -2.21. The Morgan fingerprint density at radius 2 is 1.67 bits per heavy atom. The number of likely N-dealkylation sites (N-methyl/N-ethyl adjacent to an activating group) is 1. The first-order chi connectivity index (χ1) is 23.4. The Bertz CT molecular complexity index is 2010. The van der Waals surface area contributed by atoms with Crippen molar-refractivity contribution in [3.63, 3.8) is 0 Å². The van der Waals surface area contributed by atoms with Crippen LogP contribution in [0.5, 0.6) is 0 Å². The predicted molar refractivity (Wildman–Crippen MR) is 193 cm³/mol. The molecule has 6 rings (SSSR count). The molecule has 0 unspecified atom stereocenters. The van der Waals surface area contributed by atoms with Gasteiger partial charge in [0.1, 0.15) is 22.8 Å². The lowest BCUT2D eigenvalue weighted by atomic mass is 9.99. The highest BCUT2D eigenvalue weighted by molar-refractivity contribution is 7.22. The minimum atomic E-state index is -0.288. The van der Waals surface area contributed by atoms with Crippen molar-refractivity contribution in [1.29, 1.82) is 0 Å². The van der Waals surface area contributed by atoms with Gasteiger partial charge in [-0.1, -0.05) is 91.0 Å². The van der Waals surface area contributed by atoms with Gasteiger partial charge in [0.2, 0.25) is 5.91 Å². The highest BCUT2D eigenvalue weighted by Crippen LogP contribution is 2.47. The molecule has 0 radical (unpaired) electrons. The lowest BCUT2D eigenvalue weighted by molar-refractivity contribution is -0.111. The number of amides is 1. The van der Waals surface area contributed by atoms with Crippen molar-refractivity contribution in [2.24, 2.45) is 0 Å². The number of thiophene rings is 1. The fourth-order valence-corrected chi connectivity index (χ4v) is 6.57. The average molecular weight is 658 g/mol. The number of fused-ring (bicyclic) bond motifs is 1. The van der Waals surface area contributed by atoms with Crippen molar-refractivity contribution >= 4 is 39.0 Å². The quantitative estimate of drug-likeness (QED) is 0.121. The number of nitrogens with zero attached hydrogens (tertiary/aromatic N) is 3. The summed E-state index contributed by atoms with van der Waals surface area (Å²) in [6.45, 7) is 1.28. The van der Waals surface area contributed by atoms with Crippen LogP contribution in [-0.4, -0.2) is 48.0 Å². The number of benzene rings is 4. The minimum Gasteiger partial charge on any atom is -0.374 e. The van der Waals surface area contributed by atoms with Gasteiger partial charge in [-0.3, -0.25) is 4.79 Å². The maximum atomic E-state index is 13.8. The van der Waals surface area contributed by atoms with Gasteiger partial charge < -0.3 is 20.3 Å². The monoisotopic (exact) mass is 657 g/mol. The molecule has 4 aromatic carbocycles. The van der Waals surface area contributed by atoms with Gasteiger partial charge >= 0.3 is 0 Å². The Balaban J connectivity index is 1.36. The summed E-state index contributed by atoms with van der Waals surface area (Å²) in [6, 6.07) is 34.3. The van der Waals surface area contributed by atoms with E-state index in [0.29, 0.717) is 24.7 Å². The van der Waals surface area contributed by atoms with E-state index in [9.17, 15) is 9.18 Å². The van der Waals surface area contributed by atoms with Crippen LogP contribution in [0.3, 0.4) is 0 Å². The highest BCUT2D eigenvalue weighted by atomic mass is 32.1. The van der Waals surface area contributed by atoms with Gasteiger partial charge in [-0.2, -0.15) is 0 Å². The third kappa shape index (κ3) is 8.19. The predicted octanol–water partition coefficient (Wildman–Crippen LogP) is 8.59. The Hall–Kier alpha value is -5.22. The summed E-state index contributed by atoms with van der Waals surface area (Å²) in [5.74, 6) is 0.210. The molecule has 0 fully saturated rings. The van der Waals surface area contributed by atoms with E-state index in [0.717, 1.165) is 42.9 Å². The molecule has 242 valence electrons. The van der Waals surface area contributed by atoms with Crippen LogP contribution >= 0.6 is 11.3 Å². The molecule has 6 aromatic rings. The number of ether oxygens (including phenoxy) is 1. The lowest BCUT2D eigenvalue weighted by Crippen LogP contribution is -2.18. The molecule has 0 saturated carbocycles. The van der Waals surface area contributed by atoms with Crippen molar-refractivity contribution in [2.45, 2.75) is 12.6 Å². The molecule has 2 heterocycles. The van der Waals surface area contributed by atoms with Gasteiger partial charge in [-0.25, -0.2) is 14.4 Å². The van der Waals surface area contributed by atoms with Gasteiger partial charge in [-0.15, -0.1) is 11.3 Å². The standard InChI is InChI=1S/C39H36FN5O2S/c1-45(2)21-11-20-34(46)43-32-19-10-17-30(23-32)37-35(29-15-7-4-8-16-29)36-38(41-26-42-39(36)48-37)44-33(28-13-5-3-6-14-28)25-47-24-27-12-9-18-31(40)22-27/h3-20,22-23,26,33H,21,24-25H2,1-2H3,(H,43,46)(H,41,42,44)/t33-/m1/s1. The molecule has 0 aliphatic heterocycles. The molecule has 48 heavy (non-hydrogen) atoms. The third-order valence-electron chi connectivity index (χ3n) is 7.64. The summed E-state index contributed by atoms with van der Waals surface area (Å²) in [5, 5.41) is 7.56. The molecule has 7 nitrogen and oxygen atoms in total. The van der Waals surface area contributed by atoms with E-state index < -0.39 is 0 Å². The van der Waals surface area contributed by atoms with E-state index in [1.165, 1.54) is 12.1 Å². The average Bonchev–Trinajstić information content (AvgIpc) is 3.49. The Morgan fingerprint density at radius 3 is 2.44 bits per heavy atom. The smallest absolute Gasteiger partial charge is 0.248 e. The van der Waals surface area contributed by atoms with E-state index in [1.807, 2.05) is 104 Å². The maximum absolute atomic E-state index is 13.8. The molecule has 0 spiro atoms. The molecule has 0 saturated heterocycles. The Morgan fingerprint density at radius 1 is 0.917 bits per heavy atom. The zero-order valence-corrected chi connectivity index (χ0v) is 27.6. The number of carbonyl (C=O) groups excluding carboxylic acids is 1. The number of rotatable bonds is 13. The van der Waals surface area contributed by atoms with Crippen molar-refractivity contribution < 1.29 is 13.9 Å². The van der Waals surface area contributed by atoms with Crippen molar-refractivity contribution in [3.05, 3.63) is 145 Å². The van der Waals surface area contributed by atoms with Gasteiger partial charge in [0, 0.05) is 28.7 Å². The van der Waals surface area contributed by atoms with Gasteiger partial charge in [0.25, 0.3) is 0 Å². The molecule has 1 atom stereocenters. The van der Waals surface area contributed by atoms with Crippen molar-refractivity contribution in [3.8, 4) is 21.6 Å². The van der Waals surface area contributed by atoms with E-state index >= 15 is 0 Å². The van der Waals surface area contributed by atoms with E-state index in [-0.39, 0.29) is 24.4 Å². The molecule has 0 aliphatic carbocycles. The van der Waals surface area contributed by atoms with Crippen molar-refractivity contribution in [2.75, 3.05) is 37.9 Å². The molecule has 9 heteroatoms. The number of hydrogen-bond donors (Lipinski definition) is 2. The number of hydrogen-bond acceptors (Lipinski definition) is 7. The summed E-state index contributed by atoms with van der Waals surface area (Å²) in [4.78, 5) is 25.9. The summed E-state index contributed by atoms with van der Waals surface area (Å²) in [6.07, 6.45) is 4.97. The topological polar surface area (TPSA) is 79.4 Å². The first-order valence-electron chi connectivity index (χ1n) is 15.6. The van der Waals surface area contributed by atoms with Gasteiger partial charge in [-0.05, 0) is 60.6 Å². The normalized spacial score (nSPS) is 12.1. The second kappa shape index (κ2) is 15.6. The van der Waals surface area contributed by atoms with Gasteiger partial charge in [0.05, 0.1) is 24.6 Å².